The van der Waals surface area contributed by atoms with Gasteiger partial charge in [0.2, 0.25) is 0 Å². The topological polar surface area (TPSA) is 162 Å². The Morgan fingerprint density at radius 3 is 2.49 bits per heavy atom. The molecule has 11 nitrogen and oxygen atoms in total. The van der Waals surface area contributed by atoms with Crippen molar-refractivity contribution >= 4 is 22.9 Å². The van der Waals surface area contributed by atoms with Gasteiger partial charge >= 0.3 is 17.6 Å². The van der Waals surface area contributed by atoms with Crippen LogP contribution in [0.5, 0.6) is 5.75 Å². The smallest absolute Gasteiger partial charge is 0.340 e. The lowest BCUT2D eigenvalue weighted by atomic mass is 9.54. The Bertz CT molecular complexity index is 3360. The third-order valence-electron chi connectivity index (χ3n) is 20.0. The Morgan fingerprint density at radius 2 is 1.66 bits per heavy atom. The standard InChI is InChI=1S/C69H76O11/c1-42(39-71)53-26-21-43-22-27-54-47(35-43)14-8-11-33-69(51-17-4-3-5-18-51)65(79-66(53)74)64(62-59(80-69)30-29-56-57(40-72)61(67(75)78-63(56)62)48(31-34-70)41-76-2)77-60(73)38-49-36-46(24-28-55(49)54)45-15-12-19-52(37-45)68-32-10-9-16-50(68)25-23-44-13-6-7-20-58(44)68/h6-7,12-13,15,19-20,22,24,27-30,35,37,46,48-51,55,64-65,70-72H,3-5,9-10,14,16-18,21,23,25-26,31-34,36,38-41H2,1-2H3. The molecule has 2 fully saturated rings. The summed E-state index contributed by atoms with van der Waals surface area (Å²) in [6.07, 6.45) is 15.7. The molecule has 0 amide bonds. The number of carbonyl (C=O) groups is 2. The first kappa shape index (κ1) is 54.3. The second-order valence-corrected chi connectivity index (χ2v) is 24.2. The highest BCUT2D eigenvalue weighted by Gasteiger charge is 2.59. The van der Waals surface area contributed by atoms with Crippen molar-refractivity contribution in [3.8, 4) is 17.6 Å². The van der Waals surface area contributed by atoms with Gasteiger partial charge < -0.3 is 38.7 Å². The predicted molar refractivity (Wildman–Crippen MR) is 305 cm³/mol. The zero-order valence-corrected chi connectivity index (χ0v) is 46.4. The third kappa shape index (κ3) is 9.65. The molecule has 0 radical (unpaired) electrons. The van der Waals surface area contributed by atoms with Gasteiger partial charge in [-0.05, 0) is 145 Å². The summed E-state index contributed by atoms with van der Waals surface area (Å²) in [4.78, 5) is 45.6. The van der Waals surface area contributed by atoms with Gasteiger partial charge in [-0.2, -0.15) is 0 Å². The molecule has 12 rings (SSSR count). The summed E-state index contributed by atoms with van der Waals surface area (Å²) in [5.74, 6) is 5.71. The van der Waals surface area contributed by atoms with Crippen molar-refractivity contribution in [1.29, 1.82) is 0 Å². The number of methoxy groups -OCH3 is 1. The summed E-state index contributed by atoms with van der Waals surface area (Å²) in [6, 6.07) is 28.5. The number of rotatable bonds is 10. The van der Waals surface area contributed by atoms with Crippen LogP contribution in [0.2, 0.25) is 0 Å². The predicted octanol–water partition coefficient (Wildman–Crippen LogP) is 11.8. The first-order valence-electron chi connectivity index (χ1n) is 29.8. The average molecular weight is 1080 g/mol. The lowest BCUT2D eigenvalue weighted by Crippen LogP contribution is -2.60. The summed E-state index contributed by atoms with van der Waals surface area (Å²) in [6.45, 7) is 0.690. The van der Waals surface area contributed by atoms with Crippen LogP contribution in [0.1, 0.15) is 183 Å². The number of aryl methyl sites for hydroxylation is 2. The number of hydrogen-bond donors (Lipinski definition) is 3. The zero-order valence-electron chi connectivity index (χ0n) is 46.4. The molecule has 3 N–H and O–H groups in total. The lowest BCUT2D eigenvalue weighted by molar-refractivity contribution is -0.204. The van der Waals surface area contributed by atoms with Crippen molar-refractivity contribution in [2.75, 3.05) is 26.9 Å². The first-order chi connectivity index (χ1) is 39.1. The normalized spacial score (nSPS) is 28.5. The Hall–Kier alpha value is -6.29. The highest BCUT2D eigenvalue weighted by molar-refractivity contribution is 5.90. The van der Waals surface area contributed by atoms with E-state index in [9.17, 15) is 20.1 Å². The van der Waals surface area contributed by atoms with Crippen molar-refractivity contribution in [2.24, 2.45) is 17.8 Å². The van der Waals surface area contributed by atoms with Crippen LogP contribution in [-0.2, 0) is 55.1 Å². The number of aliphatic hydroxyl groups excluding tert-OH is 3. The fourth-order valence-corrected chi connectivity index (χ4v) is 16.0. The maximum Gasteiger partial charge on any atom is 0.340 e. The van der Waals surface area contributed by atoms with Gasteiger partial charge in [-0.1, -0.05) is 123 Å². The van der Waals surface area contributed by atoms with Gasteiger partial charge in [-0.25, -0.2) is 9.59 Å². The lowest BCUT2D eigenvalue weighted by Gasteiger charge is -2.51. The summed E-state index contributed by atoms with van der Waals surface area (Å²) >= 11 is 0. The number of allylic oxidation sites excluding steroid dienone is 2. The maximum absolute atomic E-state index is 15.7. The molecule has 418 valence electrons. The molecule has 4 aliphatic carbocycles. The molecule has 3 aliphatic heterocycles. The Labute approximate surface area is 469 Å². The summed E-state index contributed by atoms with van der Waals surface area (Å²) in [5, 5.41) is 32.4. The van der Waals surface area contributed by atoms with E-state index in [0.717, 1.165) is 61.6 Å². The van der Waals surface area contributed by atoms with Gasteiger partial charge in [0.25, 0.3) is 0 Å². The minimum atomic E-state index is -1.36. The molecular formula is C69H76O11. The van der Waals surface area contributed by atoms with Crippen molar-refractivity contribution in [1.82, 2.24) is 0 Å². The van der Waals surface area contributed by atoms with E-state index < -0.39 is 47.9 Å². The molecule has 0 saturated heterocycles. The van der Waals surface area contributed by atoms with Crippen LogP contribution in [0.25, 0.3) is 11.0 Å². The number of fused-ring (bicyclic) bond motifs is 12. The molecule has 11 heteroatoms. The number of carbonyl (C=O) groups excluding carboxylic acids is 2. The third-order valence-corrected chi connectivity index (χ3v) is 20.0. The molecule has 4 aromatic carbocycles. The minimum absolute atomic E-state index is 0.00166. The second kappa shape index (κ2) is 22.9. The SMILES string of the molecule is COCC(CCO)c1c(CO)c2ccc3c(c2oc1=O)C1OC(=O)CC2CC(c4cccc(C56CCCCC5CCc5ccccc56)c4)C=CC2c2ccc4cc2CC#CCC(C2CCCCC2)(O3)C1OC(=O)C(=C(C)CO)CC4. The van der Waals surface area contributed by atoms with Crippen LogP contribution in [0.4, 0.5) is 0 Å². The number of esters is 2. The van der Waals surface area contributed by atoms with Gasteiger partial charge in [0, 0.05) is 72.2 Å². The monoisotopic (exact) mass is 1080 g/mol. The number of hydrogen-bond acceptors (Lipinski definition) is 11. The van der Waals surface area contributed by atoms with Crippen LogP contribution >= 0.6 is 0 Å². The highest BCUT2D eigenvalue weighted by atomic mass is 16.6. The number of aliphatic hydroxyl groups is 3. The molecule has 5 aromatic rings. The Morgan fingerprint density at radius 1 is 0.825 bits per heavy atom. The zero-order chi connectivity index (χ0) is 55.1. The molecule has 2 saturated carbocycles. The molecule has 80 heavy (non-hydrogen) atoms. The van der Waals surface area contributed by atoms with Crippen molar-refractivity contribution in [2.45, 2.75) is 170 Å². The van der Waals surface area contributed by atoms with E-state index >= 15 is 9.59 Å². The van der Waals surface area contributed by atoms with E-state index in [0.29, 0.717) is 53.0 Å². The molecule has 7 aliphatic rings. The quantitative estimate of drug-likeness (QED) is 0.0401. The summed E-state index contributed by atoms with van der Waals surface area (Å²) in [7, 11) is 1.51. The van der Waals surface area contributed by atoms with Crippen molar-refractivity contribution in [3.63, 3.8) is 0 Å². The minimum Gasteiger partial charge on any atom is -0.481 e. The van der Waals surface area contributed by atoms with Crippen molar-refractivity contribution in [3.05, 3.63) is 168 Å². The van der Waals surface area contributed by atoms with Crippen LogP contribution in [0.15, 0.2) is 111 Å². The number of ether oxygens (including phenoxy) is 4. The van der Waals surface area contributed by atoms with Gasteiger partial charge in [-0.3, -0.25) is 4.79 Å². The maximum atomic E-state index is 15.7. The Balaban J connectivity index is 1.03. The van der Waals surface area contributed by atoms with E-state index in [-0.39, 0.29) is 91.3 Å². The van der Waals surface area contributed by atoms with Crippen LogP contribution in [-0.4, -0.2) is 65.9 Å². The van der Waals surface area contributed by atoms with Gasteiger partial charge in [0.15, 0.2) is 17.8 Å². The van der Waals surface area contributed by atoms with E-state index in [4.69, 9.17) is 23.4 Å². The molecule has 9 unspecified atom stereocenters. The first-order valence-corrected chi connectivity index (χ1v) is 29.8. The van der Waals surface area contributed by atoms with Gasteiger partial charge in [0.1, 0.15) is 11.3 Å². The molecule has 9 atom stereocenters. The molecular weight excluding hydrogens is 1000 g/mol. The van der Waals surface area contributed by atoms with E-state index in [1.54, 1.807) is 19.1 Å². The van der Waals surface area contributed by atoms with Gasteiger partial charge in [0.05, 0.1) is 31.8 Å². The van der Waals surface area contributed by atoms with E-state index in [1.165, 1.54) is 55.0 Å². The van der Waals surface area contributed by atoms with Crippen molar-refractivity contribution < 1.29 is 48.3 Å². The van der Waals surface area contributed by atoms with Crippen LogP contribution < -0.4 is 10.4 Å². The fraction of sp³-hybridized carbons (Fsp3) is 0.493. The molecule has 5 bridgehead atoms. The largest absolute Gasteiger partial charge is 0.481 e. The van der Waals surface area contributed by atoms with E-state index in [2.05, 4.69) is 90.7 Å². The second-order valence-electron chi connectivity index (χ2n) is 24.2. The summed E-state index contributed by atoms with van der Waals surface area (Å²) in [5.41, 5.74) is 8.19. The average Bonchev–Trinajstić information content (AvgIpc) is 3.68. The molecule has 4 heterocycles. The molecule has 0 spiro atoms. The summed E-state index contributed by atoms with van der Waals surface area (Å²) < 4.78 is 33.4. The van der Waals surface area contributed by atoms with Gasteiger partial charge in [-0.15, -0.1) is 0 Å². The molecule has 1 aromatic heterocycles. The fourth-order valence-electron chi connectivity index (χ4n) is 16.0. The number of benzene rings is 4. The van der Waals surface area contributed by atoms with Crippen LogP contribution in [0, 0.1) is 29.6 Å². The Kier molecular flexibility index (Phi) is 15.6. The van der Waals surface area contributed by atoms with Crippen LogP contribution in [0.3, 0.4) is 0 Å². The highest BCUT2D eigenvalue weighted by Crippen LogP contribution is 2.57. The van der Waals surface area contributed by atoms with E-state index in [1.807, 2.05) is 0 Å².